The van der Waals surface area contributed by atoms with Crippen molar-refractivity contribution in [3.63, 3.8) is 0 Å². The molecule has 3 rings (SSSR count). The van der Waals surface area contributed by atoms with Gasteiger partial charge >= 0.3 is 0 Å². The maximum atomic E-state index is 12.8. The second kappa shape index (κ2) is 8.60. The Kier molecular flexibility index (Phi) is 6.24. The topological polar surface area (TPSA) is 68.5 Å². The molecule has 2 fully saturated rings. The highest BCUT2D eigenvalue weighted by molar-refractivity contribution is 5.76. The highest BCUT2D eigenvalue weighted by Gasteiger charge is 2.32. The van der Waals surface area contributed by atoms with E-state index in [1.54, 1.807) is 7.11 Å². The normalized spacial score (nSPS) is 22.7. The fourth-order valence-electron chi connectivity index (χ4n) is 4.02. The van der Waals surface area contributed by atoms with Gasteiger partial charge in [-0.1, -0.05) is 37.3 Å². The highest BCUT2D eigenvalue weighted by atomic mass is 16.5. The van der Waals surface area contributed by atoms with Crippen molar-refractivity contribution >= 4 is 5.91 Å². The summed E-state index contributed by atoms with van der Waals surface area (Å²) in [6, 6.07) is -0.0595. The predicted octanol–water partition coefficient (Wildman–Crippen LogP) is 3.63. The van der Waals surface area contributed by atoms with Crippen molar-refractivity contribution in [3.05, 3.63) is 11.7 Å². The average Bonchev–Trinajstić information content (AvgIpc) is 3.09. The van der Waals surface area contributed by atoms with E-state index in [1.165, 1.54) is 32.1 Å². The number of rotatable bonds is 6. The number of ether oxygens (including phenoxy) is 1. The number of carbonyl (C=O) groups is 1. The molecule has 1 saturated heterocycles. The lowest BCUT2D eigenvalue weighted by molar-refractivity contribution is -0.136. The number of methoxy groups -OCH3 is 1. The zero-order valence-electron chi connectivity index (χ0n) is 14.7. The van der Waals surface area contributed by atoms with E-state index in [0.29, 0.717) is 24.7 Å². The molecule has 1 saturated carbocycles. The number of amides is 1. The largest absolute Gasteiger partial charge is 0.377 e. The van der Waals surface area contributed by atoms with Gasteiger partial charge in [0.25, 0.3) is 0 Å². The minimum atomic E-state index is -0.0595. The molecule has 24 heavy (non-hydrogen) atoms. The summed E-state index contributed by atoms with van der Waals surface area (Å²) in [4.78, 5) is 19.1. The molecular formula is C18H29N3O3. The van der Waals surface area contributed by atoms with Gasteiger partial charge in [0.1, 0.15) is 12.6 Å². The van der Waals surface area contributed by atoms with Crippen LogP contribution in [0.4, 0.5) is 0 Å². The molecule has 6 nitrogen and oxygen atoms in total. The summed E-state index contributed by atoms with van der Waals surface area (Å²) in [5.41, 5.74) is 0. The third-order valence-corrected chi connectivity index (χ3v) is 5.36. The zero-order valence-corrected chi connectivity index (χ0v) is 14.7. The predicted molar refractivity (Wildman–Crippen MR) is 89.1 cm³/mol. The molecule has 2 heterocycles. The van der Waals surface area contributed by atoms with Crippen LogP contribution in [0.1, 0.15) is 82.0 Å². The minimum Gasteiger partial charge on any atom is -0.377 e. The Morgan fingerprint density at radius 3 is 2.79 bits per heavy atom. The highest BCUT2D eigenvalue weighted by Crippen LogP contribution is 2.32. The van der Waals surface area contributed by atoms with Gasteiger partial charge in [0.2, 0.25) is 11.8 Å². The SMILES string of the molecule is COCc1noc(C2CCCCN2C(=O)CCC2CCCCC2)n1. The number of hydrogen-bond donors (Lipinski definition) is 0. The van der Waals surface area contributed by atoms with Crippen molar-refractivity contribution < 1.29 is 14.1 Å². The van der Waals surface area contributed by atoms with Gasteiger partial charge < -0.3 is 14.2 Å². The molecule has 1 aliphatic carbocycles. The van der Waals surface area contributed by atoms with Gasteiger partial charge in [-0.15, -0.1) is 0 Å². The van der Waals surface area contributed by atoms with E-state index in [4.69, 9.17) is 9.26 Å². The molecule has 0 N–H and O–H groups in total. The molecule has 1 aliphatic heterocycles. The first-order valence-electron chi connectivity index (χ1n) is 9.39. The molecule has 0 aromatic carbocycles. The summed E-state index contributed by atoms with van der Waals surface area (Å²) in [6.07, 6.45) is 11.3. The summed E-state index contributed by atoms with van der Waals surface area (Å²) in [5.74, 6) is 2.10. The molecule has 2 aliphatic rings. The summed E-state index contributed by atoms with van der Waals surface area (Å²) in [5, 5.41) is 3.95. The first-order chi connectivity index (χ1) is 11.8. The molecule has 0 spiro atoms. The quantitative estimate of drug-likeness (QED) is 0.794. The van der Waals surface area contributed by atoms with Gasteiger partial charge in [0.05, 0.1) is 0 Å². The molecule has 1 unspecified atom stereocenters. The summed E-state index contributed by atoms with van der Waals surface area (Å²) >= 11 is 0. The number of hydrogen-bond acceptors (Lipinski definition) is 5. The van der Waals surface area contributed by atoms with Gasteiger partial charge in [0, 0.05) is 20.1 Å². The van der Waals surface area contributed by atoms with Gasteiger partial charge in [-0.25, -0.2) is 0 Å². The van der Waals surface area contributed by atoms with Crippen LogP contribution in [0.5, 0.6) is 0 Å². The number of carbonyl (C=O) groups excluding carboxylic acids is 1. The number of nitrogens with zero attached hydrogens (tertiary/aromatic N) is 3. The van der Waals surface area contributed by atoms with Crippen LogP contribution in [0.25, 0.3) is 0 Å². The lowest BCUT2D eigenvalue weighted by atomic mass is 9.86. The Balaban J connectivity index is 1.59. The van der Waals surface area contributed by atoms with Gasteiger partial charge in [-0.3, -0.25) is 4.79 Å². The van der Waals surface area contributed by atoms with E-state index in [-0.39, 0.29) is 11.9 Å². The molecule has 6 heteroatoms. The second-order valence-corrected chi connectivity index (χ2v) is 7.12. The van der Waals surface area contributed by atoms with E-state index in [1.807, 2.05) is 4.90 Å². The van der Waals surface area contributed by atoms with Crippen molar-refractivity contribution in [2.45, 2.75) is 76.9 Å². The number of piperidine rings is 1. The molecule has 1 aromatic heterocycles. The van der Waals surface area contributed by atoms with Crippen molar-refractivity contribution in [2.75, 3.05) is 13.7 Å². The van der Waals surface area contributed by atoms with Crippen molar-refractivity contribution in [1.82, 2.24) is 15.0 Å². The molecule has 134 valence electrons. The van der Waals surface area contributed by atoms with Crippen LogP contribution in [-0.4, -0.2) is 34.6 Å². The van der Waals surface area contributed by atoms with E-state index in [9.17, 15) is 4.79 Å². The summed E-state index contributed by atoms with van der Waals surface area (Å²) < 4.78 is 10.4. The van der Waals surface area contributed by atoms with Crippen LogP contribution in [-0.2, 0) is 16.1 Å². The van der Waals surface area contributed by atoms with Crippen LogP contribution < -0.4 is 0 Å². The second-order valence-electron chi connectivity index (χ2n) is 7.12. The fraction of sp³-hybridized carbons (Fsp3) is 0.833. The maximum Gasteiger partial charge on any atom is 0.249 e. The molecule has 1 atom stereocenters. The van der Waals surface area contributed by atoms with E-state index in [2.05, 4.69) is 10.1 Å². The number of aromatic nitrogens is 2. The average molecular weight is 335 g/mol. The van der Waals surface area contributed by atoms with Crippen LogP contribution in [0.15, 0.2) is 4.52 Å². The Morgan fingerprint density at radius 1 is 1.21 bits per heavy atom. The van der Waals surface area contributed by atoms with Crippen LogP contribution in [0.2, 0.25) is 0 Å². The van der Waals surface area contributed by atoms with Gasteiger partial charge in [-0.05, 0) is 31.6 Å². The standard InChI is InChI=1S/C18H29N3O3/c1-23-13-16-19-18(24-20-16)15-9-5-6-12-21(15)17(22)11-10-14-7-3-2-4-8-14/h14-15H,2-13H2,1H3. The van der Waals surface area contributed by atoms with E-state index < -0.39 is 0 Å². The van der Waals surface area contributed by atoms with Crippen molar-refractivity contribution in [1.29, 1.82) is 0 Å². The number of likely N-dealkylation sites (tertiary alicyclic amines) is 1. The van der Waals surface area contributed by atoms with E-state index in [0.717, 1.165) is 38.1 Å². The molecule has 0 bridgehead atoms. The maximum absolute atomic E-state index is 12.8. The van der Waals surface area contributed by atoms with Crippen LogP contribution in [0.3, 0.4) is 0 Å². The summed E-state index contributed by atoms with van der Waals surface area (Å²) in [6.45, 7) is 1.14. The van der Waals surface area contributed by atoms with Crippen LogP contribution >= 0.6 is 0 Å². The molecule has 0 radical (unpaired) electrons. The van der Waals surface area contributed by atoms with Crippen LogP contribution in [0, 0.1) is 5.92 Å². The summed E-state index contributed by atoms with van der Waals surface area (Å²) in [7, 11) is 1.61. The smallest absolute Gasteiger partial charge is 0.249 e. The van der Waals surface area contributed by atoms with Gasteiger partial charge in [-0.2, -0.15) is 4.98 Å². The molecule has 1 aromatic rings. The Morgan fingerprint density at radius 2 is 2.00 bits per heavy atom. The zero-order chi connectivity index (χ0) is 16.8. The third kappa shape index (κ3) is 4.35. The third-order valence-electron chi connectivity index (χ3n) is 5.36. The molecule has 1 amide bonds. The Labute approximate surface area is 143 Å². The van der Waals surface area contributed by atoms with Gasteiger partial charge in [0.15, 0.2) is 5.82 Å². The Bertz CT molecular complexity index is 525. The van der Waals surface area contributed by atoms with E-state index >= 15 is 0 Å². The monoisotopic (exact) mass is 335 g/mol. The minimum absolute atomic E-state index is 0.0595. The fourth-order valence-corrected chi connectivity index (χ4v) is 4.02. The van der Waals surface area contributed by atoms with Crippen molar-refractivity contribution in [3.8, 4) is 0 Å². The Hall–Kier alpha value is -1.43. The van der Waals surface area contributed by atoms with Crippen molar-refractivity contribution in [2.24, 2.45) is 5.92 Å². The lowest BCUT2D eigenvalue weighted by Gasteiger charge is -2.34. The first-order valence-corrected chi connectivity index (χ1v) is 9.39. The first kappa shape index (κ1) is 17.4. The lowest BCUT2D eigenvalue weighted by Crippen LogP contribution is -2.38. The molecular weight excluding hydrogens is 306 g/mol.